The van der Waals surface area contributed by atoms with Gasteiger partial charge in [0.25, 0.3) is 5.91 Å². The Morgan fingerprint density at radius 1 is 1.04 bits per heavy atom. The molecule has 0 radical (unpaired) electrons. The van der Waals surface area contributed by atoms with E-state index in [1.807, 2.05) is 0 Å². The highest BCUT2D eigenvalue weighted by atomic mass is 32.2. The van der Waals surface area contributed by atoms with Crippen LogP contribution < -0.4 is 5.32 Å². The highest BCUT2D eigenvalue weighted by molar-refractivity contribution is 7.89. The summed E-state index contributed by atoms with van der Waals surface area (Å²) in [6.45, 7) is 2.29. The molecule has 1 saturated heterocycles. The van der Waals surface area contributed by atoms with Gasteiger partial charge in [-0.25, -0.2) is 17.2 Å². The van der Waals surface area contributed by atoms with Gasteiger partial charge < -0.3 is 5.32 Å². The Morgan fingerprint density at radius 3 is 2.39 bits per heavy atom. The number of sulfonamides is 1. The number of piperidine rings is 1. The molecule has 1 atom stereocenters. The molecule has 1 N–H and O–H groups in total. The van der Waals surface area contributed by atoms with Crippen molar-refractivity contribution in [3.63, 3.8) is 0 Å². The molecule has 0 unspecified atom stereocenters. The number of rotatable bonds is 5. The fourth-order valence-corrected chi connectivity index (χ4v) is 4.88. The molecule has 1 fully saturated rings. The van der Waals surface area contributed by atoms with Crippen LogP contribution in [0.1, 0.15) is 48.1 Å². The van der Waals surface area contributed by atoms with E-state index in [0.29, 0.717) is 18.7 Å². The van der Waals surface area contributed by atoms with Crippen molar-refractivity contribution in [2.45, 2.75) is 37.1 Å². The van der Waals surface area contributed by atoms with Crippen LogP contribution in [0.3, 0.4) is 0 Å². The third kappa shape index (κ3) is 4.23. The summed E-state index contributed by atoms with van der Waals surface area (Å²) < 4.78 is 55.0. The van der Waals surface area contributed by atoms with E-state index in [-0.39, 0.29) is 5.56 Å². The van der Waals surface area contributed by atoms with Gasteiger partial charge in [0.05, 0.1) is 6.04 Å². The first-order chi connectivity index (χ1) is 13.3. The van der Waals surface area contributed by atoms with Crippen LogP contribution in [0.2, 0.25) is 0 Å². The predicted octanol–water partition coefficient (Wildman–Crippen LogP) is 3.63. The van der Waals surface area contributed by atoms with E-state index in [1.165, 1.54) is 16.4 Å². The van der Waals surface area contributed by atoms with Crippen LogP contribution in [0.15, 0.2) is 47.4 Å². The molecule has 0 saturated carbocycles. The second-order valence-electron chi connectivity index (χ2n) is 6.83. The predicted molar refractivity (Wildman–Crippen MR) is 101 cm³/mol. The van der Waals surface area contributed by atoms with E-state index >= 15 is 0 Å². The molecule has 1 heterocycles. The molecule has 3 rings (SSSR count). The van der Waals surface area contributed by atoms with Crippen LogP contribution in [0.5, 0.6) is 0 Å². The minimum atomic E-state index is -4.02. The van der Waals surface area contributed by atoms with Gasteiger partial charge in [-0.1, -0.05) is 24.6 Å². The van der Waals surface area contributed by atoms with Gasteiger partial charge in [0.2, 0.25) is 10.0 Å². The minimum Gasteiger partial charge on any atom is -0.345 e. The monoisotopic (exact) mass is 408 g/mol. The van der Waals surface area contributed by atoms with Gasteiger partial charge in [-0.2, -0.15) is 4.31 Å². The summed E-state index contributed by atoms with van der Waals surface area (Å²) in [4.78, 5) is 12.0. The summed E-state index contributed by atoms with van der Waals surface area (Å²) in [6.07, 6.45) is 2.38. The van der Waals surface area contributed by atoms with Gasteiger partial charge in [0, 0.05) is 24.2 Å². The second kappa shape index (κ2) is 8.36. The first-order valence-electron chi connectivity index (χ1n) is 9.15. The topological polar surface area (TPSA) is 66.5 Å². The molecule has 1 amide bonds. The van der Waals surface area contributed by atoms with Gasteiger partial charge in [-0.05, 0) is 44.0 Å². The van der Waals surface area contributed by atoms with E-state index in [1.54, 1.807) is 25.1 Å². The molecule has 1 aliphatic rings. The molecule has 1 aliphatic heterocycles. The number of carbonyl (C=O) groups excluding carboxylic acids is 1. The number of hydrogen-bond donors (Lipinski definition) is 1. The van der Waals surface area contributed by atoms with Crippen LogP contribution >= 0.6 is 0 Å². The molecule has 28 heavy (non-hydrogen) atoms. The summed E-state index contributed by atoms with van der Waals surface area (Å²) in [5.74, 6) is -1.96. The van der Waals surface area contributed by atoms with Gasteiger partial charge in [0.1, 0.15) is 16.5 Å². The number of benzene rings is 2. The summed E-state index contributed by atoms with van der Waals surface area (Å²) in [5, 5.41) is 2.62. The maximum absolute atomic E-state index is 14.3. The Labute approximate surface area is 163 Å². The molecule has 2 aromatic rings. The quantitative estimate of drug-likeness (QED) is 0.822. The molecule has 150 valence electrons. The van der Waals surface area contributed by atoms with Gasteiger partial charge in [-0.3, -0.25) is 4.79 Å². The first kappa shape index (κ1) is 20.4. The Bertz CT molecular complexity index is 973. The minimum absolute atomic E-state index is 0.000161. The third-order valence-electron chi connectivity index (χ3n) is 4.85. The van der Waals surface area contributed by atoms with Crippen molar-refractivity contribution >= 4 is 15.9 Å². The molecular formula is C20H22F2N2O3S. The maximum atomic E-state index is 14.3. The van der Waals surface area contributed by atoms with Crippen LogP contribution in [0.25, 0.3) is 0 Å². The molecule has 0 spiro atoms. The number of halogens is 2. The molecule has 5 nitrogen and oxygen atoms in total. The first-order valence-corrected chi connectivity index (χ1v) is 10.6. The molecule has 2 aromatic carbocycles. The number of hydrogen-bond acceptors (Lipinski definition) is 3. The summed E-state index contributed by atoms with van der Waals surface area (Å²) in [6, 6.07) is 8.64. The molecule has 8 heteroatoms. The molecular weight excluding hydrogens is 386 g/mol. The normalized spacial score (nSPS) is 16.5. The van der Waals surface area contributed by atoms with Crippen molar-refractivity contribution in [2.75, 3.05) is 13.1 Å². The molecule has 0 aliphatic carbocycles. The van der Waals surface area contributed by atoms with E-state index in [4.69, 9.17) is 0 Å². The maximum Gasteiger partial charge on any atom is 0.251 e. The fraction of sp³-hybridized carbons (Fsp3) is 0.350. The number of carbonyl (C=O) groups is 1. The van der Waals surface area contributed by atoms with E-state index in [2.05, 4.69) is 5.32 Å². The van der Waals surface area contributed by atoms with Crippen molar-refractivity contribution < 1.29 is 22.0 Å². The largest absolute Gasteiger partial charge is 0.345 e. The average Bonchev–Trinajstić information content (AvgIpc) is 2.69. The van der Waals surface area contributed by atoms with Crippen molar-refractivity contribution in [1.29, 1.82) is 0 Å². The Kier molecular flexibility index (Phi) is 6.10. The van der Waals surface area contributed by atoms with Crippen molar-refractivity contribution in [2.24, 2.45) is 0 Å². The standard InChI is InChI=1S/C20H22F2N2O3S/c1-14(16-7-3-4-8-17(16)21)23-20(25)15-9-10-18(22)19(13-15)28(26,27)24-11-5-2-6-12-24/h3-4,7-10,13-14H,2,5-6,11-12H2,1H3,(H,23,25)/t14-/m0/s1. The van der Waals surface area contributed by atoms with Gasteiger partial charge >= 0.3 is 0 Å². The van der Waals surface area contributed by atoms with E-state index < -0.39 is 38.5 Å². The summed E-state index contributed by atoms with van der Waals surface area (Å²) in [5.41, 5.74) is 0.305. The van der Waals surface area contributed by atoms with E-state index in [9.17, 15) is 22.0 Å². The molecule has 0 aromatic heterocycles. The second-order valence-corrected chi connectivity index (χ2v) is 8.73. The lowest BCUT2D eigenvalue weighted by Crippen LogP contribution is -2.36. The third-order valence-corrected chi connectivity index (χ3v) is 6.76. The number of nitrogens with one attached hydrogen (secondary N) is 1. The Hall–Kier alpha value is -2.32. The molecule has 0 bridgehead atoms. The lowest BCUT2D eigenvalue weighted by atomic mass is 10.1. The lowest BCUT2D eigenvalue weighted by Gasteiger charge is -2.26. The SMILES string of the molecule is C[C@H](NC(=O)c1ccc(F)c(S(=O)(=O)N2CCCCC2)c1)c1ccccc1F. The zero-order valence-corrected chi connectivity index (χ0v) is 16.3. The van der Waals surface area contributed by atoms with Crippen LogP contribution in [-0.4, -0.2) is 31.7 Å². The summed E-state index contributed by atoms with van der Waals surface area (Å²) in [7, 11) is -4.02. The van der Waals surface area contributed by atoms with Crippen molar-refractivity contribution in [3.05, 3.63) is 65.2 Å². The van der Waals surface area contributed by atoms with Crippen LogP contribution in [0, 0.1) is 11.6 Å². The van der Waals surface area contributed by atoms with Crippen molar-refractivity contribution in [1.82, 2.24) is 9.62 Å². The Balaban J connectivity index is 1.84. The summed E-state index contributed by atoms with van der Waals surface area (Å²) >= 11 is 0. The van der Waals surface area contributed by atoms with Gasteiger partial charge in [-0.15, -0.1) is 0 Å². The average molecular weight is 408 g/mol. The van der Waals surface area contributed by atoms with Gasteiger partial charge in [0.15, 0.2) is 0 Å². The zero-order valence-electron chi connectivity index (χ0n) is 15.5. The number of nitrogens with zero attached hydrogens (tertiary/aromatic N) is 1. The highest BCUT2D eigenvalue weighted by Crippen LogP contribution is 2.24. The van der Waals surface area contributed by atoms with Crippen LogP contribution in [0.4, 0.5) is 8.78 Å². The zero-order chi connectivity index (χ0) is 20.3. The fourth-order valence-electron chi connectivity index (χ4n) is 3.27. The van der Waals surface area contributed by atoms with Crippen molar-refractivity contribution in [3.8, 4) is 0 Å². The Morgan fingerprint density at radius 2 is 1.71 bits per heavy atom. The smallest absolute Gasteiger partial charge is 0.251 e. The van der Waals surface area contributed by atoms with E-state index in [0.717, 1.165) is 31.4 Å². The highest BCUT2D eigenvalue weighted by Gasteiger charge is 2.29. The number of amides is 1. The van der Waals surface area contributed by atoms with Crippen LogP contribution in [-0.2, 0) is 10.0 Å². The lowest BCUT2D eigenvalue weighted by molar-refractivity contribution is 0.0939.